The number of Topliss-reactive ketones (excluding diaryl/α,β-unsaturated/α-hetero) is 1. The molecule has 8 nitrogen and oxygen atoms in total. The van der Waals surface area contributed by atoms with Gasteiger partial charge in [-0.2, -0.15) is 0 Å². The van der Waals surface area contributed by atoms with E-state index in [9.17, 15) is 19.5 Å². The molecule has 11 heteroatoms. The summed E-state index contributed by atoms with van der Waals surface area (Å²) in [6.07, 6.45) is 3.71. The molecule has 1 atom stereocenters. The molecular formula is C38H40F2N4O4S. The SMILES string of the molecule is CCC(=O)Cc1ccc(-c2sc3c(c2CN(C)C(C)c2ccccn2)c(=O)n(C2CCC(O)CC2)c(=O)n3Cc2c(F)cccc2F)cc1. The zero-order valence-corrected chi connectivity index (χ0v) is 28.7. The largest absolute Gasteiger partial charge is 0.393 e. The summed E-state index contributed by atoms with van der Waals surface area (Å²) in [5, 5.41) is 10.5. The Hall–Kier alpha value is -4.32. The molecular weight excluding hydrogens is 647 g/mol. The van der Waals surface area contributed by atoms with Crippen LogP contribution in [0.15, 0.2) is 76.4 Å². The standard InChI is InChI=1S/C38H40F2N4O4S/c1-4-27(45)20-24-11-13-25(14-12-24)35-30(21-42(3)23(2)33-10-5-6-19-41-33)34-36(47)44(26-15-17-28(46)18-16-26)38(48)43(37(34)49-35)22-29-31(39)8-7-9-32(29)40/h5-14,19,23,26,28,46H,4,15-18,20-22H2,1-3H3. The van der Waals surface area contributed by atoms with Crippen molar-refractivity contribution in [1.29, 1.82) is 0 Å². The molecule has 49 heavy (non-hydrogen) atoms. The fraction of sp³-hybridized carbons (Fsp3) is 0.368. The van der Waals surface area contributed by atoms with Crippen molar-refractivity contribution in [3.05, 3.63) is 122 Å². The Labute approximate surface area is 287 Å². The molecule has 0 bridgehead atoms. The average Bonchev–Trinajstić information content (AvgIpc) is 3.47. The Morgan fingerprint density at radius 2 is 1.69 bits per heavy atom. The number of hydrogen-bond donors (Lipinski definition) is 1. The van der Waals surface area contributed by atoms with Crippen LogP contribution in [0.2, 0.25) is 0 Å². The maximum absolute atomic E-state index is 15.1. The van der Waals surface area contributed by atoms with Crippen LogP contribution in [0.1, 0.15) is 80.4 Å². The second kappa shape index (κ2) is 14.7. The van der Waals surface area contributed by atoms with E-state index in [1.807, 2.05) is 63.4 Å². The molecule has 256 valence electrons. The predicted molar refractivity (Wildman–Crippen MR) is 188 cm³/mol. The summed E-state index contributed by atoms with van der Waals surface area (Å²) < 4.78 is 32.7. The van der Waals surface area contributed by atoms with Crippen molar-refractivity contribution >= 4 is 27.3 Å². The second-order valence-electron chi connectivity index (χ2n) is 12.9. The Morgan fingerprint density at radius 1 is 1.00 bits per heavy atom. The van der Waals surface area contributed by atoms with Crippen molar-refractivity contribution in [3.8, 4) is 10.4 Å². The van der Waals surface area contributed by atoms with Crippen molar-refractivity contribution in [1.82, 2.24) is 19.0 Å². The normalized spacial score (nSPS) is 17.1. The molecule has 5 aromatic rings. The van der Waals surface area contributed by atoms with E-state index < -0.39 is 41.6 Å². The molecule has 1 aliphatic rings. The lowest BCUT2D eigenvalue weighted by molar-refractivity contribution is -0.118. The van der Waals surface area contributed by atoms with Gasteiger partial charge in [0, 0.05) is 48.1 Å². The first-order valence-corrected chi connectivity index (χ1v) is 17.5. The van der Waals surface area contributed by atoms with Crippen molar-refractivity contribution in [2.45, 2.75) is 83.6 Å². The molecule has 1 aliphatic carbocycles. The highest BCUT2D eigenvalue weighted by atomic mass is 32.1. The Morgan fingerprint density at radius 3 is 2.33 bits per heavy atom. The molecule has 1 saturated carbocycles. The first-order chi connectivity index (χ1) is 23.6. The minimum Gasteiger partial charge on any atom is -0.393 e. The van der Waals surface area contributed by atoms with Crippen molar-refractivity contribution in [2.24, 2.45) is 0 Å². The van der Waals surface area contributed by atoms with Gasteiger partial charge in [0.25, 0.3) is 5.56 Å². The van der Waals surface area contributed by atoms with E-state index in [0.717, 1.165) is 33.8 Å². The smallest absolute Gasteiger partial charge is 0.332 e. The average molecular weight is 687 g/mol. The number of rotatable bonds is 11. The summed E-state index contributed by atoms with van der Waals surface area (Å²) in [6, 6.07) is 16.3. The zero-order valence-electron chi connectivity index (χ0n) is 27.9. The molecule has 3 aromatic heterocycles. The number of benzene rings is 2. The number of halogens is 2. The molecule has 0 amide bonds. The van der Waals surface area contributed by atoms with Gasteiger partial charge in [-0.1, -0.05) is 43.3 Å². The zero-order chi connectivity index (χ0) is 34.8. The molecule has 3 heterocycles. The number of hydrogen-bond acceptors (Lipinski definition) is 7. The van der Waals surface area contributed by atoms with E-state index in [4.69, 9.17) is 0 Å². The summed E-state index contributed by atoms with van der Waals surface area (Å²) >= 11 is 1.25. The van der Waals surface area contributed by atoms with E-state index in [1.165, 1.54) is 26.5 Å². The molecule has 1 unspecified atom stereocenters. The molecule has 0 spiro atoms. The van der Waals surface area contributed by atoms with Gasteiger partial charge in [0.15, 0.2) is 0 Å². The number of aromatic nitrogens is 3. The first-order valence-electron chi connectivity index (χ1n) is 16.7. The maximum Gasteiger partial charge on any atom is 0.332 e. The van der Waals surface area contributed by atoms with Gasteiger partial charge in [0.05, 0.1) is 23.7 Å². The Balaban J connectivity index is 1.59. The van der Waals surface area contributed by atoms with Crippen LogP contribution in [0.25, 0.3) is 20.7 Å². The first kappa shape index (κ1) is 34.5. The summed E-state index contributed by atoms with van der Waals surface area (Å²) in [5.74, 6) is -1.44. The molecule has 1 fully saturated rings. The van der Waals surface area contributed by atoms with Crippen LogP contribution in [0.5, 0.6) is 0 Å². The molecule has 0 radical (unpaired) electrons. The van der Waals surface area contributed by atoms with E-state index in [-0.39, 0.29) is 17.4 Å². The van der Waals surface area contributed by atoms with Crippen LogP contribution in [0.4, 0.5) is 8.78 Å². The number of aliphatic hydroxyl groups excluding tert-OH is 1. The van der Waals surface area contributed by atoms with Gasteiger partial charge >= 0.3 is 5.69 Å². The van der Waals surface area contributed by atoms with E-state index in [1.54, 1.807) is 6.20 Å². The van der Waals surface area contributed by atoms with Gasteiger partial charge in [0.2, 0.25) is 0 Å². The maximum atomic E-state index is 15.1. The highest BCUT2D eigenvalue weighted by Gasteiger charge is 2.30. The topological polar surface area (TPSA) is 97.4 Å². The van der Waals surface area contributed by atoms with Crippen LogP contribution < -0.4 is 11.2 Å². The summed E-state index contributed by atoms with van der Waals surface area (Å²) in [4.78, 5) is 48.8. The number of carbonyl (C=O) groups is 1. The second-order valence-corrected chi connectivity index (χ2v) is 13.9. The Kier molecular flexibility index (Phi) is 10.3. The van der Waals surface area contributed by atoms with Crippen LogP contribution in [0, 0.1) is 11.6 Å². The fourth-order valence-electron chi connectivity index (χ4n) is 6.65. The van der Waals surface area contributed by atoms with Gasteiger partial charge in [-0.3, -0.25) is 28.6 Å². The van der Waals surface area contributed by atoms with Crippen LogP contribution in [-0.2, 0) is 24.3 Å². The van der Waals surface area contributed by atoms with Crippen molar-refractivity contribution in [3.63, 3.8) is 0 Å². The third-order valence-electron chi connectivity index (χ3n) is 9.71. The number of pyridine rings is 1. The summed E-state index contributed by atoms with van der Waals surface area (Å²) in [5.41, 5.74) is 1.86. The lowest BCUT2D eigenvalue weighted by Crippen LogP contribution is -2.43. The molecule has 0 saturated heterocycles. The van der Waals surface area contributed by atoms with Gasteiger partial charge in [-0.25, -0.2) is 13.6 Å². The van der Waals surface area contributed by atoms with E-state index in [0.29, 0.717) is 60.8 Å². The number of nitrogens with zero attached hydrogens (tertiary/aromatic N) is 4. The molecule has 1 N–H and O–H groups in total. The number of fused-ring (bicyclic) bond motifs is 1. The summed E-state index contributed by atoms with van der Waals surface area (Å²) in [6.45, 7) is 3.77. The highest BCUT2D eigenvalue weighted by Crippen LogP contribution is 2.39. The number of aliphatic hydroxyl groups is 1. The van der Waals surface area contributed by atoms with Crippen molar-refractivity contribution in [2.75, 3.05) is 7.05 Å². The minimum absolute atomic E-state index is 0.126. The number of carbonyl (C=O) groups excluding carboxylic acids is 1. The highest BCUT2D eigenvalue weighted by molar-refractivity contribution is 7.22. The van der Waals surface area contributed by atoms with E-state index >= 15 is 8.78 Å². The fourth-order valence-corrected chi connectivity index (χ4v) is 7.95. The quantitative estimate of drug-likeness (QED) is 0.164. The van der Waals surface area contributed by atoms with Crippen LogP contribution >= 0.6 is 11.3 Å². The van der Waals surface area contributed by atoms with E-state index in [2.05, 4.69) is 9.88 Å². The van der Waals surface area contributed by atoms with Gasteiger partial charge in [-0.15, -0.1) is 11.3 Å². The molecule has 6 rings (SSSR count). The Bertz CT molecular complexity index is 2060. The lowest BCUT2D eigenvalue weighted by Gasteiger charge is -2.27. The minimum atomic E-state index is -0.781. The number of thiophene rings is 1. The van der Waals surface area contributed by atoms with Crippen LogP contribution in [-0.4, -0.2) is 43.1 Å². The third kappa shape index (κ3) is 7.06. The van der Waals surface area contributed by atoms with Crippen LogP contribution in [0.3, 0.4) is 0 Å². The monoisotopic (exact) mass is 686 g/mol. The molecule has 2 aromatic carbocycles. The predicted octanol–water partition coefficient (Wildman–Crippen LogP) is 6.80. The van der Waals surface area contributed by atoms with Gasteiger partial charge in [-0.05, 0) is 80.6 Å². The molecule has 0 aliphatic heterocycles. The summed E-state index contributed by atoms with van der Waals surface area (Å²) in [7, 11) is 1.94. The van der Waals surface area contributed by atoms with Gasteiger partial charge in [0.1, 0.15) is 22.2 Å². The van der Waals surface area contributed by atoms with Crippen molar-refractivity contribution < 1.29 is 18.7 Å². The number of ketones is 1. The third-order valence-corrected chi connectivity index (χ3v) is 11.0. The lowest BCUT2D eigenvalue weighted by atomic mass is 9.93. The van der Waals surface area contributed by atoms with Gasteiger partial charge < -0.3 is 5.11 Å².